The number of rotatable bonds is 5. The van der Waals surface area contributed by atoms with Crippen molar-refractivity contribution in [2.24, 2.45) is 0 Å². The molecule has 0 radical (unpaired) electrons. The number of aromatic hydroxyl groups is 1. The number of nitrogens with one attached hydrogen (secondary N) is 1. The van der Waals surface area contributed by atoms with Gasteiger partial charge in [0.05, 0.1) is 11.3 Å². The Bertz CT molecular complexity index is 1150. The van der Waals surface area contributed by atoms with Gasteiger partial charge in [0.15, 0.2) is 0 Å². The topological polar surface area (TPSA) is 97.2 Å². The van der Waals surface area contributed by atoms with Crippen molar-refractivity contribution in [2.45, 2.75) is 0 Å². The second-order valence-electron chi connectivity index (χ2n) is 6.09. The number of ether oxygens (including phenoxy) is 1. The molecule has 1 amide bonds. The molecule has 4 rings (SSSR count). The second-order valence-corrected chi connectivity index (χ2v) is 6.09. The van der Waals surface area contributed by atoms with E-state index in [9.17, 15) is 9.90 Å². The number of phenolic OH excluding ortho intramolecular Hbond substituents is 1. The van der Waals surface area contributed by atoms with Crippen LogP contribution in [0.3, 0.4) is 0 Å². The summed E-state index contributed by atoms with van der Waals surface area (Å²) in [6.07, 6.45) is 4.72. The Kier molecular flexibility index (Phi) is 5.11. The maximum absolute atomic E-state index is 12.5. The summed E-state index contributed by atoms with van der Waals surface area (Å²) in [7, 11) is 0. The predicted octanol–water partition coefficient (Wildman–Crippen LogP) is 4.29. The van der Waals surface area contributed by atoms with Gasteiger partial charge in [0.2, 0.25) is 5.88 Å². The summed E-state index contributed by atoms with van der Waals surface area (Å²) in [5, 5.41) is 12.3. The van der Waals surface area contributed by atoms with Gasteiger partial charge in [0, 0.05) is 29.7 Å². The molecule has 0 spiro atoms. The molecule has 2 aromatic carbocycles. The number of amides is 1. The Hall–Kier alpha value is -4.26. The zero-order chi connectivity index (χ0) is 20.1. The van der Waals surface area contributed by atoms with Crippen LogP contribution in [0.4, 0.5) is 5.69 Å². The van der Waals surface area contributed by atoms with Crippen LogP contribution >= 0.6 is 0 Å². The van der Waals surface area contributed by atoms with E-state index in [4.69, 9.17) is 4.74 Å². The van der Waals surface area contributed by atoms with Gasteiger partial charge in [-0.05, 0) is 48.5 Å². The van der Waals surface area contributed by atoms with Crippen LogP contribution in [-0.2, 0) is 0 Å². The molecule has 0 aliphatic rings. The van der Waals surface area contributed by atoms with Crippen LogP contribution in [0.15, 0.2) is 85.5 Å². The van der Waals surface area contributed by atoms with E-state index in [0.29, 0.717) is 34.1 Å². The molecule has 7 heteroatoms. The van der Waals surface area contributed by atoms with E-state index >= 15 is 0 Å². The highest BCUT2D eigenvalue weighted by molar-refractivity contribution is 6.04. The maximum atomic E-state index is 12.5. The zero-order valence-corrected chi connectivity index (χ0v) is 15.2. The first-order chi connectivity index (χ1) is 14.2. The van der Waals surface area contributed by atoms with Crippen molar-refractivity contribution < 1.29 is 14.6 Å². The van der Waals surface area contributed by atoms with Crippen LogP contribution in [0.1, 0.15) is 10.4 Å². The third-order valence-electron chi connectivity index (χ3n) is 4.04. The molecule has 2 N–H and O–H groups in total. The van der Waals surface area contributed by atoms with Gasteiger partial charge in [0.25, 0.3) is 5.91 Å². The van der Waals surface area contributed by atoms with Gasteiger partial charge >= 0.3 is 0 Å². The van der Waals surface area contributed by atoms with Crippen molar-refractivity contribution in [3.63, 3.8) is 0 Å². The lowest BCUT2D eigenvalue weighted by molar-refractivity contribution is 0.102. The maximum Gasteiger partial charge on any atom is 0.255 e. The van der Waals surface area contributed by atoms with Gasteiger partial charge in [-0.25, -0.2) is 15.0 Å². The Morgan fingerprint density at radius 3 is 2.66 bits per heavy atom. The standard InChI is InChI=1S/C22H16N4O3/c27-17-6-2-5-16(13-17)26-21(28)15-4-1-7-18(12-15)29-22-19(8-3-10-24-22)20-9-11-23-14-25-20/h1-14,27H,(H,26,28). The fourth-order valence-corrected chi connectivity index (χ4v) is 2.72. The van der Waals surface area contributed by atoms with E-state index in [0.717, 1.165) is 0 Å². The zero-order valence-electron chi connectivity index (χ0n) is 15.2. The largest absolute Gasteiger partial charge is 0.508 e. The summed E-state index contributed by atoms with van der Waals surface area (Å²) in [6.45, 7) is 0. The van der Waals surface area contributed by atoms with Gasteiger partial charge < -0.3 is 15.2 Å². The lowest BCUT2D eigenvalue weighted by Crippen LogP contribution is -2.11. The molecular formula is C22H16N4O3. The molecule has 142 valence electrons. The van der Waals surface area contributed by atoms with E-state index in [1.807, 2.05) is 6.07 Å². The minimum absolute atomic E-state index is 0.0762. The van der Waals surface area contributed by atoms with Gasteiger partial charge in [-0.15, -0.1) is 0 Å². The fourth-order valence-electron chi connectivity index (χ4n) is 2.72. The first kappa shape index (κ1) is 18.1. The smallest absolute Gasteiger partial charge is 0.255 e. The molecule has 0 unspecified atom stereocenters. The van der Waals surface area contributed by atoms with Crippen LogP contribution < -0.4 is 10.1 Å². The predicted molar refractivity (Wildman–Crippen MR) is 108 cm³/mol. The molecule has 2 heterocycles. The Labute approximate surface area is 166 Å². The highest BCUT2D eigenvalue weighted by Gasteiger charge is 2.12. The first-order valence-corrected chi connectivity index (χ1v) is 8.79. The van der Waals surface area contributed by atoms with Crippen molar-refractivity contribution in [1.29, 1.82) is 0 Å². The van der Waals surface area contributed by atoms with Crippen molar-refractivity contribution in [3.05, 3.63) is 91.0 Å². The molecule has 0 saturated carbocycles. The number of carbonyl (C=O) groups excluding carboxylic acids is 1. The minimum Gasteiger partial charge on any atom is -0.508 e. The highest BCUT2D eigenvalue weighted by Crippen LogP contribution is 2.30. The van der Waals surface area contributed by atoms with E-state index in [1.165, 1.54) is 18.5 Å². The highest BCUT2D eigenvalue weighted by atomic mass is 16.5. The number of hydrogen-bond donors (Lipinski definition) is 2. The van der Waals surface area contributed by atoms with Crippen LogP contribution in [0.5, 0.6) is 17.4 Å². The molecule has 7 nitrogen and oxygen atoms in total. The number of anilines is 1. The van der Waals surface area contributed by atoms with Gasteiger partial charge in [0.1, 0.15) is 17.8 Å². The number of hydrogen-bond acceptors (Lipinski definition) is 6. The lowest BCUT2D eigenvalue weighted by Gasteiger charge is -2.11. The summed E-state index contributed by atoms with van der Waals surface area (Å²) in [6, 6.07) is 18.5. The van der Waals surface area contributed by atoms with E-state index in [1.54, 1.807) is 60.9 Å². The molecular weight excluding hydrogens is 368 g/mol. The number of benzene rings is 2. The molecule has 4 aromatic rings. The van der Waals surface area contributed by atoms with Crippen LogP contribution in [0.25, 0.3) is 11.3 Å². The molecule has 0 atom stereocenters. The Balaban J connectivity index is 1.57. The van der Waals surface area contributed by atoms with Gasteiger partial charge in [-0.2, -0.15) is 0 Å². The number of nitrogens with zero attached hydrogens (tertiary/aromatic N) is 3. The van der Waals surface area contributed by atoms with Gasteiger partial charge in [-0.3, -0.25) is 4.79 Å². The van der Waals surface area contributed by atoms with Crippen LogP contribution in [-0.4, -0.2) is 26.0 Å². The van der Waals surface area contributed by atoms with E-state index in [-0.39, 0.29) is 11.7 Å². The third-order valence-corrected chi connectivity index (χ3v) is 4.04. The number of pyridine rings is 1. The average molecular weight is 384 g/mol. The summed E-state index contributed by atoms with van der Waals surface area (Å²) in [4.78, 5) is 25.0. The molecule has 2 aromatic heterocycles. The van der Waals surface area contributed by atoms with E-state index < -0.39 is 0 Å². The molecule has 0 aliphatic heterocycles. The third kappa shape index (κ3) is 4.36. The number of aromatic nitrogens is 3. The molecule has 29 heavy (non-hydrogen) atoms. The normalized spacial score (nSPS) is 10.3. The van der Waals surface area contributed by atoms with Gasteiger partial charge in [-0.1, -0.05) is 12.1 Å². The summed E-state index contributed by atoms with van der Waals surface area (Å²) in [5.74, 6) is 0.588. The van der Waals surface area contributed by atoms with Crippen LogP contribution in [0.2, 0.25) is 0 Å². The Morgan fingerprint density at radius 1 is 0.931 bits per heavy atom. The van der Waals surface area contributed by atoms with Crippen molar-refractivity contribution in [2.75, 3.05) is 5.32 Å². The summed E-state index contributed by atoms with van der Waals surface area (Å²) in [5.41, 5.74) is 2.30. The molecule has 0 saturated heterocycles. The first-order valence-electron chi connectivity index (χ1n) is 8.79. The van der Waals surface area contributed by atoms with Crippen molar-refractivity contribution >= 4 is 11.6 Å². The fraction of sp³-hybridized carbons (Fsp3) is 0. The SMILES string of the molecule is O=C(Nc1cccc(O)c1)c1cccc(Oc2ncccc2-c2ccncn2)c1. The number of phenols is 1. The Morgan fingerprint density at radius 2 is 1.83 bits per heavy atom. The average Bonchev–Trinajstić information content (AvgIpc) is 2.75. The summed E-state index contributed by atoms with van der Waals surface area (Å²) >= 11 is 0. The lowest BCUT2D eigenvalue weighted by atomic mass is 10.2. The van der Waals surface area contributed by atoms with E-state index in [2.05, 4.69) is 20.3 Å². The quantitative estimate of drug-likeness (QED) is 0.533. The molecule has 0 bridgehead atoms. The second kappa shape index (κ2) is 8.18. The monoisotopic (exact) mass is 384 g/mol. The molecule has 0 fully saturated rings. The minimum atomic E-state index is -0.321. The van der Waals surface area contributed by atoms with Crippen molar-refractivity contribution in [1.82, 2.24) is 15.0 Å². The van der Waals surface area contributed by atoms with Crippen LogP contribution in [0, 0.1) is 0 Å². The van der Waals surface area contributed by atoms with Crippen molar-refractivity contribution in [3.8, 4) is 28.6 Å². The molecule has 0 aliphatic carbocycles. The number of carbonyl (C=O) groups is 1. The summed E-state index contributed by atoms with van der Waals surface area (Å²) < 4.78 is 5.93.